The van der Waals surface area contributed by atoms with E-state index in [1.54, 1.807) is 0 Å². The maximum atomic E-state index is 13.3. The molecule has 3 aromatic carbocycles. The number of carbonyl (C=O) groups is 1. The van der Waals surface area contributed by atoms with Crippen LogP contribution in [0.15, 0.2) is 91.0 Å². The highest BCUT2D eigenvalue weighted by molar-refractivity contribution is 6.68. The zero-order chi connectivity index (χ0) is 20.7. The number of benzene rings is 3. The molecule has 2 N–H and O–H groups in total. The normalized spacial score (nSPS) is 12.6. The molecule has 6 heteroatoms. The molecule has 0 fully saturated rings. The van der Waals surface area contributed by atoms with E-state index in [2.05, 4.69) is 10.6 Å². The third-order valence-electron chi connectivity index (χ3n) is 4.50. The highest BCUT2D eigenvalue weighted by Crippen LogP contribution is 2.31. The summed E-state index contributed by atoms with van der Waals surface area (Å²) in [6, 6.07) is 28.8. The predicted octanol–water partition coefficient (Wildman–Crippen LogP) is 5.42. The first-order valence-corrected chi connectivity index (χ1v) is 10.3. The second-order valence-electron chi connectivity index (χ2n) is 6.60. The van der Waals surface area contributed by atoms with Crippen molar-refractivity contribution in [3.63, 3.8) is 0 Å². The minimum absolute atomic E-state index is 0.251. The second-order valence-corrected chi connectivity index (χ2v) is 8.97. The Morgan fingerprint density at radius 1 is 0.759 bits per heavy atom. The van der Waals surface area contributed by atoms with Gasteiger partial charge in [-0.15, -0.1) is 0 Å². The van der Waals surface area contributed by atoms with Crippen LogP contribution in [0.25, 0.3) is 0 Å². The fourth-order valence-corrected chi connectivity index (χ4v) is 3.47. The van der Waals surface area contributed by atoms with Gasteiger partial charge >= 0.3 is 0 Å². The van der Waals surface area contributed by atoms with Gasteiger partial charge in [0, 0.05) is 6.54 Å². The number of carbonyl (C=O) groups excluding carboxylic acids is 1. The van der Waals surface area contributed by atoms with Crippen molar-refractivity contribution in [3.8, 4) is 0 Å². The van der Waals surface area contributed by atoms with E-state index >= 15 is 0 Å². The summed E-state index contributed by atoms with van der Waals surface area (Å²) in [6.45, 7) is 0.445. The first-order chi connectivity index (χ1) is 13.9. The smallest absolute Gasteiger partial charge is 0.233 e. The van der Waals surface area contributed by atoms with Gasteiger partial charge in [0.2, 0.25) is 9.70 Å². The minimum Gasteiger partial charge on any atom is -0.336 e. The summed E-state index contributed by atoms with van der Waals surface area (Å²) in [5.41, 5.74) is 2.74. The lowest BCUT2D eigenvalue weighted by molar-refractivity contribution is -0.122. The standard InChI is InChI=1S/C23H21Cl3N2O/c24-23(25,26)22(27-16-17-10-4-1-5-11-17)28-21(29)20(18-12-6-2-7-13-18)19-14-8-3-9-15-19/h1-15,20,22,27H,16H2,(H,28,29)/t22-/m0/s1. The van der Waals surface area contributed by atoms with Crippen LogP contribution in [0, 0.1) is 0 Å². The Labute approximate surface area is 186 Å². The fourth-order valence-electron chi connectivity index (χ4n) is 3.08. The SMILES string of the molecule is O=C(N[C@H](NCc1ccccc1)C(Cl)(Cl)Cl)C(c1ccccc1)c1ccccc1. The van der Waals surface area contributed by atoms with E-state index < -0.39 is 15.9 Å². The average Bonchev–Trinajstić information content (AvgIpc) is 2.73. The maximum absolute atomic E-state index is 13.3. The third kappa shape index (κ3) is 6.22. The summed E-state index contributed by atoms with van der Waals surface area (Å²) in [5.74, 6) is -0.773. The summed E-state index contributed by atoms with van der Waals surface area (Å²) in [4.78, 5) is 13.3. The number of amides is 1. The minimum atomic E-state index is -1.72. The molecule has 1 amide bonds. The Morgan fingerprint density at radius 2 is 1.21 bits per heavy atom. The molecule has 0 spiro atoms. The van der Waals surface area contributed by atoms with E-state index in [1.807, 2.05) is 91.0 Å². The van der Waals surface area contributed by atoms with Crippen LogP contribution in [-0.2, 0) is 11.3 Å². The summed E-state index contributed by atoms with van der Waals surface area (Å²) in [7, 11) is 0. The van der Waals surface area contributed by atoms with Crippen molar-refractivity contribution < 1.29 is 4.79 Å². The van der Waals surface area contributed by atoms with E-state index in [0.29, 0.717) is 6.54 Å². The first kappa shape index (κ1) is 21.7. The Kier molecular flexibility index (Phi) is 7.57. The van der Waals surface area contributed by atoms with Crippen molar-refractivity contribution in [2.24, 2.45) is 0 Å². The molecule has 0 radical (unpaired) electrons. The number of alkyl halides is 3. The molecule has 0 unspecified atom stereocenters. The third-order valence-corrected chi connectivity index (χ3v) is 5.15. The largest absolute Gasteiger partial charge is 0.336 e. The number of nitrogens with one attached hydrogen (secondary N) is 2. The number of halogens is 3. The van der Waals surface area contributed by atoms with Crippen molar-refractivity contribution >= 4 is 40.7 Å². The van der Waals surface area contributed by atoms with E-state index in [1.165, 1.54) is 0 Å². The van der Waals surface area contributed by atoms with Crippen molar-refractivity contribution in [1.29, 1.82) is 0 Å². The number of hydrogen-bond donors (Lipinski definition) is 2. The molecule has 0 aliphatic heterocycles. The molecular weight excluding hydrogens is 427 g/mol. The molecule has 3 nitrogen and oxygen atoms in total. The molecular formula is C23H21Cl3N2O. The van der Waals surface area contributed by atoms with Crippen LogP contribution < -0.4 is 10.6 Å². The lowest BCUT2D eigenvalue weighted by atomic mass is 9.90. The molecule has 0 aromatic heterocycles. The van der Waals surface area contributed by atoms with Crippen LogP contribution in [0.4, 0.5) is 0 Å². The molecule has 1 atom stereocenters. The molecule has 0 bridgehead atoms. The monoisotopic (exact) mass is 446 g/mol. The summed E-state index contributed by atoms with van der Waals surface area (Å²) >= 11 is 18.5. The van der Waals surface area contributed by atoms with Crippen molar-refractivity contribution in [2.45, 2.75) is 22.4 Å². The lowest BCUT2D eigenvalue weighted by Gasteiger charge is -2.29. The second kappa shape index (κ2) is 10.1. The van der Waals surface area contributed by atoms with E-state index in [9.17, 15) is 4.79 Å². The quantitative estimate of drug-likeness (QED) is 0.375. The lowest BCUT2D eigenvalue weighted by Crippen LogP contribution is -2.54. The van der Waals surface area contributed by atoms with E-state index in [0.717, 1.165) is 16.7 Å². The highest BCUT2D eigenvalue weighted by atomic mass is 35.6. The Bertz CT molecular complexity index is 860. The summed E-state index contributed by atoms with van der Waals surface area (Å²) < 4.78 is -1.72. The van der Waals surface area contributed by atoms with Gasteiger partial charge in [0.25, 0.3) is 0 Å². The zero-order valence-corrected chi connectivity index (χ0v) is 17.8. The first-order valence-electron chi connectivity index (χ1n) is 9.19. The van der Waals surface area contributed by atoms with Gasteiger partial charge in [-0.3, -0.25) is 10.1 Å². The molecule has 0 heterocycles. The predicted molar refractivity (Wildman–Crippen MR) is 120 cm³/mol. The van der Waals surface area contributed by atoms with Crippen LogP contribution >= 0.6 is 34.8 Å². The topological polar surface area (TPSA) is 41.1 Å². The number of hydrogen-bond acceptors (Lipinski definition) is 2. The molecule has 150 valence electrons. The van der Waals surface area contributed by atoms with Gasteiger partial charge < -0.3 is 5.32 Å². The molecule has 3 rings (SSSR count). The molecule has 0 saturated heterocycles. The Balaban J connectivity index is 1.82. The van der Waals surface area contributed by atoms with Gasteiger partial charge in [-0.05, 0) is 16.7 Å². The molecule has 3 aromatic rings. The summed E-state index contributed by atoms with van der Waals surface area (Å²) in [5, 5.41) is 6.02. The Hall–Kier alpha value is -2.04. The van der Waals surface area contributed by atoms with Crippen molar-refractivity contribution in [1.82, 2.24) is 10.6 Å². The van der Waals surface area contributed by atoms with Crippen LogP contribution in [0.3, 0.4) is 0 Å². The van der Waals surface area contributed by atoms with E-state index in [-0.39, 0.29) is 5.91 Å². The van der Waals surface area contributed by atoms with Gasteiger partial charge in [-0.25, -0.2) is 0 Å². The van der Waals surface area contributed by atoms with Crippen LogP contribution in [-0.4, -0.2) is 15.9 Å². The van der Waals surface area contributed by atoms with Crippen LogP contribution in [0.2, 0.25) is 0 Å². The Morgan fingerprint density at radius 3 is 1.66 bits per heavy atom. The van der Waals surface area contributed by atoms with Gasteiger partial charge in [0.15, 0.2) is 0 Å². The van der Waals surface area contributed by atoms with Gasteiger partial charge in [0.1, 0.15) is 6.17 Å². The van der Waals surface area contributed by atoms with E-state index in [4.69, 9.17) is 34.8 Å². The molecule has 29 heavy (non-hydrogen) atoms. The molecule has 0 aliphatic carbocycles. The van der Waals surface area contributed by atoms with Gasteiger partial charge in [0.05, 0.1) is 5.92 Å². The fraction of sp³-hybridized carbons (Fsp3) is 0.174. The summed E-state index contributed by atoms with van der Waals surface area (Å²) in [6.07, 6.45) is -0.866. The van der Waals surface area contributed by atoms with Crippen LogP contribution in [0.5, 0.6) is 0 Å². The van der Waals surface area contributed by atoms with Crippen LogP contribution in [0.1, 0.15) is 22.6 Å². The molecule has 0 saturated carbocycles. The van der Waals surface area contributed by atoms with Crippen molar-refractivity contribution in [2.75, 3.05) is 0 Å². The maximum Gasteiger partial charge on any atom is 0.233 e. The zero-order valence-electron chi connectivity index (χ0n) is 15.6. The highest BCUT2D eigenvalue weighted by Gasteiger charge is 2.35. The van der Waals surface area contributed by atoms with Gasteiger partial charge in [-0.1, -0.05) is 126 Å². The van der Waals surface area contributed by atoms with Crippen molar-refractivity contribution in [3.05, 3.63) is 108 Å². The molecule has 0 aliphatic rings. The van der Waals surface area contributed by atoms with Gasteiger partial charge in [-0.2, -0.15) is 0 Å². The average molecular weight is 448 g/mol. The number of rotatable bonds is 7.